The molecule has 1 aromatic carbocycles. The van der Waals surface area contributed by atoms with Crippen molar-refractivity contribution in [3.8, 4) is 0 Å². The Morgan fingerprint density at radius 2 is 2.04 bits per heavy atom. The van der Waals surface area contributed by atoms with Crippen molar-refractivity contribution < 1.29 is 19.1 Å². The van der Waals surface area contributed by atoms with Crippen LogP contribution in [-0.2, 0) is 25.5 Å². The van der Waals surface area contributed by atoms with Crippen molar-refractivity contribution in [3.63, 3.8) is 0 Å². The van der Waals surface area contributed by atoms with Crippen LogP contribution in [0.5, 0.6) is 0 Å². The Labute approximate surface area is 143 Å². The van der Waals surface area contributed by atoms with E-state index in [-0.39, 0.29) is 24.7 Å². The number of hydrogen-bond acceptors (Lipinski definition) is 4. The van der Waals surface area contributed by atoms with E-state index in [4.69, 9.17) is 4.74 Å². The second-order valence-electron chi connectivity index (χ2n) is 5.23. The average Bonchev–Trinajstić information content (AvgIpc) is 2.89. The number of rotatable bonds is 5. The molecule has 124 valence electrons. The standard InChI is InChI=1S/C16H19BrN2O4/c1-3-23-15(22)5-4-14(21)18-13-9-12(17)8-11-6-7-19(10(2)20)16(11)13/h8-9H,3-7H2,1-2H3,(H,18,21). The summed E-state index contributed by atoms with van der Waals surface area (Å²) >= 11 is 3.42. The summed E-state index contributed by atoms with van der Waals surface area (Å²) in [4.78, 5) is 36.8. The van der Waals surface area contributed by atoms with E-state index >= 15 is 0 Å². The van der Waals surface area contributed by atoms with Gasteiger partial charge in [0, 0.05) is 24.4 Å². The van der Waals surface area contributed by atoms with Crippen LogP contribution in [0.2, 0.25) is 0 Å². The van der Waals surface area contributed by atoms with E-state index in [1.54, 1.807) is 17.9 Å². The largest absolute Gasteiger partial charge is 0.466 e. The maximum absolute atomic E-state index is 12.1. The molecule has 0 saturated heterocycles. The highest BCUT2D eigenvalue weighted by Gasteiger charge is 2.26. The first-order valence-corrected chi connectivity index (χ1v) is 8.27. The number of carbonyl (C=O) groups is 3. The minimum absolute atomic E-state index is 0.0340. The number of nitrogens with one attached hydrogen (secondary N) is 1. The second-order valence-corrected chi connectivity index (χ2v) is 6.15. The van der Waals surface area contributed by atoms with Gasteiger partial charge in [0.15, 0.2) is 0 Å². The molecule has 7 heteroatoms. The fourth-order valence-corrected chi connectivity index (χ4v) is 3.09. The Bertz CT molecular complexity index is 645. The predicted octanol–water partition coefficient (Wildman–Crippen LogP) is 2.64. The third kappa shape index (κ3) is 4.31. The molecule has 1 aromatic rings. The van der Waals surface area contributed by atoms with Crippen molar-refractivity contribution in [2.75, 3.05) is 23.4 Å². The van der Waals surface area contributed by atoms with Crippen LogP contribution in [0.3, 0.4) is 0 Å². The molecule has 0 radical (unpaired) electrons. The van der Waals surface area contributed by atoms with E-state index < -0.39 is 5.97 Å². The van der Waals surface area contributed by atoms with E-state index in [0.29, 0.717) is 18.8 Å². The fourth-order valence-electron chi connectivity index (χ4n) is 2.58. The zero-order valence-electron chi connectivity index (χ0n) is 13.1. The molecule has 0 atom stereocenters. The summed E-state index contributed by atoms with van der Waals surface area (Å²) in [5.74, 6) is -0.741. The Morgan fingerprint density at radius 3 is 2.70 bits per heavy atom. The minimum Gasteiger partial charge on any atom is -0.466 e. The average molecular weight is 383 g/mol. The summed E-state index contributed by atoms with van der Waals surface area (Å²) in [6.45, 7) is 4.13. The number of benzene rings is 1. The molecule has 1 aliphatic rings. The van der Waals surface area contributed by atoms with Gasteiger partial charge in [-0.1, -0.05) is 15.9 Å². The molecule has 2 amide bonds. The summed E-state index contributed by atoms with van der Waals surface area (Å²) in [5, 5.41) is 2.79. The molecule has 1 heterocycles. The maximum Gasteiger partial charge on any atom is 0.306 e. The van der Waals surface area contributed by atoms with Crippen molar-refractivity contribution >= 4 is 45.1 Å². The molecule has 1 aliphatic heterocycles. The van der Waals surface area contributed by atoms with E-state index in [0.717, 1.165) is 22.1 Å². The zero-order chi connectivity index (χ0) is 17.0. The number of halogens is 1. The lowest BCUT2D eigenvalue weighted by molar-refractivity contribution is -0.144. The van der Waals surface area contributed by atoms with Crippen LogP contribution in [0.25, 0.3) is 0 Å². The molecule has 0 aliphatic carbocycles. The molecule has 2 rings (SSSR count). The Balaban J connectivity index is 2.12. The number of ether oxygens (including phenoxy) is 1. The molecule has 0 unspecified atom stereocenters. The first-order chi connectivity index (χ1) is 10.9. The van der Waals surface area contributed by atoms with E-state index in [1.165, 1.54) is 6.92 Å². The van der Waals surface area contributed by atoms with Crippen LogP contribution in [-0.4, -0.2) is 30.9 Å². The number of amides is 2. The second kappa shape index (κ2) is 7.59. The predicted molar refractivity (Wildman–Crippen MR) is 90.4 cm³/mol. The van der Waals surface area contributed by atoms with Crippen LogP contribution in [0.4, 0.5) is 11.4 Å². The first kappa shape index (κ1) is 17.5. The van der Waals surface area contributed by atoms with Crippen LogP contribution in [0.1, 0.15) is 32.3 Å². The number of hydrogen-bond donors (Lipinski definition) is 1. The molecule has 0 fully saturated rings. The van der Waals surface area contributed by atoms with Crippen LogP contribution < -0.4 is 10.2 Å². The lowest BCUT2D eigenvalue weighted by atomic mass is 10.1. The van der Waals surface area contributed by atoms with Gasteiger partial charge in [0.1, 0.15) is 0 Å². The molecule has 0 aromatic heterocycles. The van der Waals surface area contributed by atoms with Gasteiger partial charge in [0.05, 0.1) is 24.4 Å². The molecule has 6 nitrogen and oxygen atoms in total. The van der Waals surface area contributed by atoms with Crippen molar-refractivity contribution in [2.45, 2.75) is 33.1 Å². The Kier molecular flexibility index (Phi) is 5.76. The van der Waals surface area contributed by atoms with Crippen LogP contribution in [0, 0.1) is 0 Å². The highest BCUT2D eigenvalue weighted by atomic mass is 79.9. The van der Waals surface area contributed by atoms with Crippen molar-refractivity contribution in [2.24, 2.45) is 0 Å². The SMILES string of the molecule is CCOC(=O)CCC(=O)Nc1cc(Br)cc2c1N(C(C)=O)CC2. The van der Waals surface area contributed by atoms with E-state index in [1.807, 2.05) is 6.07 Å². The monoisotopic (exact) mass is 382 g/mol. The zero-order valence-corrected chi connectivity index (χ0v) is 14.7. The summed E-state index contributed by atoms with van der Waals surface area (Å²) in [7, 11) is 0. The van der Waals surface area contributed by atoms with Crippen molar-refractivity contribution in [1.82, 2.24) is 0 Å². The first-order valence-electron chi connectivity index (χ1n) is 7.48. The molecule has 0 bridgehead atoms. The minimum atomic E-state index is -0.396. The third-order valence-corrected chi connectivity index (χ3v) is 4.00. The fraction of sp³-hybridized carbons (Fsp3) is 0.438. The topological polar surface area (TPSA) is 75.7 Å². The number of carbonyl (C=O) groups excluding carboxylic acids is 3. The van der Waals surface area contributed by atoms with Gasteiger partial charge < -0.3 is 15.0 Å². The number of fused-ring (bicyclic) bond motifs is 1. The van der Waals surface area contributed by atoms with E-state index in [2.05, 4.69) is 21.2 Å². The third-order valence-electron chi connectivity index (χ3n) is 3.54. The summed E-state index contributed by atoms with van der Waals surface area (Å²) in [5.41, 5.74) is 2.33. The quantitative estimate of drug-likeness (QED) is 0.794. The highest BCUT2D eigenvalue weighted by Crippen LogP contribution is 2.38. The lowest BCUT2D eigenvalue weighted by Crippen LogP contribution is -2.27. The van der Waals surface area contributed by atoms with Gasteiger partial charge in [-0.25, -0.2) is 0 Å². The van der Waals surface area contributed by atoms with Crippen molar-refractivity contribution in [3.05, 3.63) is 22.2 Å². The normalized spacial score (nSPS) is 12.7. The van der Waals surface area contributed by atoms with Gasteiger partial charge in [0.2, 0.25) is 11.8 Å². The van der Waals surface area contributed by atoms with Crippen LogP contribution >= 0.6 is 15.9 Å². The molecular weight excluding hydrogens is 364 g/mol. The summed E-state index contributed by atoms with van der Waals surface area (Å²) < 4.78 is 5.64. The molecule has 0 saturated carbocycles. The maximum atomic E-state index is 12.1. The van der Waals surface area contributed by atoms with Gasteiger partial charge >= 0.3 is 5.97 Å². The Morgan fingerprint density at radius 1 is 1.30 bits per heavy atom. The number of anilines is 2. The number of esters is 1. The van der Waals surface area contributed by atoms with E-state index in [9.17, 15) is 14.4 Å². The van der Waals surface area contributed by atoms with Crippen LogP contribution in [0.15, 0.2) is 16.6 Å². The van der Waals surface area contributed by atoms with Gasteiger partial charge in [-0.3, -0.25) is 14.4 Å². The van der Waals surface area contributed by atoms with Gasteiger partial charge in [-0.05, 0) is 31.0 Å². The molecular formula is C16H19BrN2O4. The number of nitrogens with zero attached hydrogens (tertiary/aromatic N) is 1. The summed E-state index contributed by atoms with van der Waals surface area (Å²) in [6.07, 6.45) is 0.826. The lowest BCUT2D eigenvalue weighted by Gasteiger charge is -2.19. The van der Waals surface area contributed by atoms with Gasteiger partial charge in [-0.15, -0.1) is 0 Å². The molecule has 23 heavy (non-hydrogen) atoms. The van der Waals surface area contributed by atoms with Gasteiger partial charge in [0.25, 0.3) is 0 Å². The van der Waals surface area contributed by atoms with Crippen molar-refractivity contribution in [1.29, 1.82) is 0 Å². The van der Waals surface area contributed by atoms with Gasteiger partial charge in [-0.2, -0.15) is 0 Å². The Hall–Kier alpha value is -1.89. The highest BCUT2D eigenvalue weighted by molar-refractivity contribution is 9.10. The summed E-state index contributed by atoms with van der Waals surface area (Å²) in [6, 6.07) is 3.72. The molecule has 1 N–H and O–H groups in total. The smallest absolute Gasteiger partial charge is 0.306 e. The molecule has 0 spiro atoms.